The van der Waals surface area contributed by atoms with Gasteiger partial charge in [-0.05, 0) is 106 Å². The van der Waals surface area contributed by atoms with Crippen molar-refractivity contribution in [3.63, 3.8) is 0 Å². The minimum atomic E-state index is -1.45. The van der Waals surface area contributed by atoms with Gasteiger partial charge in [-0.1, -0.05) is 45.8 Å². The number of aryl methyl sites for hydroxylation is 1. The maximum Gasteiger partial charge on any atom is 0.425 e. The summed E-state index contributed by atoms with van der Waals surface area (Å²) in [6.07, 6.45) is 6.63. The predicted octanol–water partition coefficient (Wildman–Crippen LogP) is 7.90. The Morgan fingerprint density at radius 2 is 1.49 bits per heavy atom. The molecule has 0 atom stereocenters. The van der Waals surface area contributed by atoms with E-state index in [1.54, 1.807) is 46.1 Å². The smallest absolute Gasteiger partial charge is 0.425 e. The van der Waals surface area contributed by atoms with Crippen molar-refractivity contribution >= 4 is 43.0 Å². The number of amides is 3. The average Bonchev–Trinajstić information content (AvgIpc) is 3.31. The third kappa shape index (κ3) is 13.4. The quantitative estimate of drug-likeness (QED) is 0.126. The standard InChI is InChI=1S/C37H64N6O7Si/c1-11-12-23-48-33-39-28-27(19-15-13-16-20-41-21-17-14-18-22-41)29(31(38)44)42(26-47-24-25-51(8,9)10)30(28)32(40-33)43(34(45)49-36(2,3)4)35(46)50-37(5,6)7/h11-26H2,1-10H3,(H2,38,44). The van der Waals surface area contributed by atoms with Crippen molar-refractivity contribution in [2.24, 2.45) is 5.73 Å². The molecule has 0 bridgehead atoms. The molecule has 0 aromatic carbocycles. The molecule has 3 heterocycles. The SMILES string of the molecule is CCCCOc1nc(N(C(=O)OC(C)(C)C)C(=O)OC(C)(C)C)c2c(n1)c(CCCCCN1CCCCC1)c(C(N)=O)n2COCC[Si](C)(C)C. The third-order valence-electron chi connectivity index (χ3n) is 8.35. The van der Waals surface area contributed by atoms with E-state index < -0.39 is 37.4 Å². The van der Waals surface area contributed by atoms with E-state index in [9.17, 15) is 14.4 Å². The Hall–Kier alpha value is -3.23. The number of likely N-dealkylation sites (tertiary alicyclic amines) is 1. The van der Waals surface area contributed by atoms with Crippen LogP contribution in [0.2, 0.25) is 25.7 Å². The van der Waals surface area contributed by atoms with Gasteiger partial charge in [0, 0.05) is 20.2 Å². The molecule has 51 heavy (non-hydrogen) atoms. The van der Waals surface area contributed by atoms with E-state index in [1.165, 1.54) is 19.3 Å². The summed E-state index contributed by atoms with van der Waals surface area (Å²) in [6.45, 7) is 23.1. The van der Waals surface area contributed by atoms with E-state index in [0.29, 0.717) is 30.7 Å². The molecular weight excluding hydrogens is 669 g/mol. The highest BCUT2D eigenvalue weighted by Gasteiger charge is 2.38. The van der Waals surface area contributed by atoms with Crippen LogP contribution in [0.5, 0.6) is 6.01 Å². The number of ether oxygens (including phenoxy) is 4. The number of aromatic nitrogens is 3. The summed E-state index contributed by atoms with van der Waals surface area (Å²) in [5.41, 5.74) is 5.62. The highest BCUT2D eigenvalue weighted by Crippen LogP contribution is 2.36. The van der Waals surface area contributed by atoms with E-state index in [4.69, 9.17) is 29.7 Å². The molecular formula is C37H64N6O7Si. The Morgan fingerprint density at radius 3 is 2.04 bits per heavy atom. The fourth-order valence-corrected chi connectivity index (χ4v) is 6.60. The second kappa shape index (κ2) is 18.5. The van der Waals surface area contributed by atoms with Crippen LogP contribution < -0.4 is 15.4 Å². The van der Waals surface area contributed by atoms with Crippen molar-refractivity contribution in [2.45, 2.75) is 150 Å². The number of carbonyl (C=O) groups is 3. The van der Waals surface area contributed by atoms with Crippen LogP contribution in [-0.4, -0.2) is 89.7 Å². The fourth-order valence-electron chi connectivity index (χ4n) is 5.84. The fraction of sp³-hybridized carbons (Fsp3) is 0.757. The van der Waals surface area contributed by atoms with Crippen molar-refractivity contribution in [3.8, 4) is 6.01 Å². The van der Waals surface area contributed by atoms with Crippen LogP contribution in [0.4, 0.5) is 15.4 Å². The highest BCUT2D eigenvalue weighted by molar-refractivity contribution is 6.76. The second-order valence-corrected chi connectivity index (χ2v) is 22.3. The lowest BCUT2D eigenvalue weighted by atomic mass is 10.0. The number of fused-ring (bicyclic) bond motifs is 1. The third-order valence-corrected chi connectivity index (χ3v) is 10.1. The van der Waals surface area contributed by atoms with Crippen LogP contribution in [0.25, 0.3) is 11.0 Å². The van der Waals surface area contributed by atoms with E-state index in [-0.39, 0.29) is 29.8 Å². The van der Waals surface area contributed by atoms with Gasteiger partial charge in [-0.25, -0.2) is 9.59 Å². The number of primary amides is 1. The monoisotopic (exact) mass is 732 g/mol. The zero-order chi connectivity index (χ0) is 38.0. The molecule has 288 valence electrons. The number of hydrogen-bond acceptors (Lipinski definition) is 10. The van der Waals surface area contributed by atoms with Gasteiger partial charge < -0.3 is 34.1 Å². The maximum atomic E-state index is 14.0. The number of nitrogens with two attached hydrogens (primary N) is 1. The lowest BCUT2D eigenvalue weighted by molar-refractivity contribution is 0.0428. The lowest BCUT2D eigenvalue weighted by Crippen LogP contribution is -2.44. The molecule has 0 spiro atoms. The number of piperidine rings is 1. The van der Waals surface area contributed by atoms with Crippen LogP contribution in [0.15, 0.2) is 0 Å². The summed E-state index contributed by atoms with van der Waals surface area (Å²) in [5.74, 6) is -0.812. The molecule has 1 fully saturated rings. The number of anilines is 1. The summed E-state index contributed by atoms with van der Waals surface area (Å²) in [4.78, 5) is 54.0. The Morgan fingerprint density at radius 1 is 0.863 bits per heavy atom. The molecule has 0 aliphatic carbocycles. The molecule has 0 unspecified atom stereocenters. The van der Waals surface area contributed by atoms with Crippen LogP contribution >= 0.6 is 0 Å². The van der Waals surface area contributed by atoms with Crippen molar-refractivity contribution in [2.75, 3.05) is 37.7 Å². The topological polar surface area (TPSA) is 151 Å². The van der Waals surface area contributed by atoms with Crippen LogP contribution in [0, 0.1) is 0 Å². The summed E-state index contributed by atoms with van der Waals surface area (Å²) in [5, 5.41) is 0. The normalized spacial score (nSPS) is 14.5. The van der Waals surface area contributed by atoms with E-state index in [2.05, 4.69) is 29.5 Å². The molecule has 2 N–H and O–H groups in total. The van der Waals surface area contributed by atoms with Gasteiger partial charge in [0.15, 0.2) is 5.82 Å². The maximum absolute atomic E-state index is 14.0. The van der Waals surface area contributed by atoms with Gasteiger partial charge in [0.1, 0.15) is 34.7 Å². The Bertz CT molecular complexity index is 1440. The number of unbranched alkanes of at least 4 members (excludes halogenated alkanes) is 3. The summed E-state index contributed by atoms with van der Waals surface area (Å²) in [6, 6.07) is 0.852. The van der Waals surface area contributed by atoms with E-state index in [1.807, 2.05) is 6.92 Å². The molecule has 1 saturated heterocycles. The molecule has 1 aliphatic rings. The average molecular weight is 733 g/mol. The zero-order valence-corrected chi connectivity index (χ0v) is 34.0. The Kier molecular flexibility index (Phi) is 15.3. The van der Waals surface area contributed by atoms with Crippen molar-refractivity contribution < 1.29 is 33.3 Å². The van der Waals surface area contributed by atoms with Gasteiger partial charge in [-0.15, -0.1) is 0 Å². The minimum absolute atomic E-state index is 0.0396. The molecule has 3 amide bonds. The molecule has 13 nitrogen and oxygen atoms in total. The largest absolute Gasteiger partial charge is 0.463 e. The Balaban J connectivity index is 2.23. The number of hydrogen-bond donors (Lipinski definition) is 1. The summed E-state index contributed by atoms with van der Waals surface area (Å²) >= 11 is 0. The zero-order valence-electron chi connectivity index (χ0n) is 33.0. The highest BCUT2D eigenvalue weighted by atomic mass is 28.3. The lowest BCUT2D eigenvalue weighted by Gasteiger charge is -2.28. The molecule has 2 aromatic heterocycles. The van der Waals surface area contributed by atoms with Gasteiger partial charge in [-0.3, -0.25) is 4.79 Å². The van der Waals surface area contributed by atoms with Gasteiger partial charge in [-0.2, -0.15) is 14.9 Å². The van der Waals surface area contributed by atoms with Gasteiger partial charge in [0.25, 0.3) is 5.91 Å². The Labute approximate surface area is 305 Å². The first-order valence-electron chi connectivity index (χ1n) is 18.7. The molecule has 1 aliphatic heterocycles. The predicted molar refractivity (Wildman–Crippen MR) is 203 cm³/mol. The van der Waals surface area contributed by atoms with Gasteiger partial charge in [0.2, 0.25) is 0 Å². The van der Waals surface area contributed by atoms with Crippen molar-refractivity contribution in [3.05, 3.63) is 11.3 Å². The van der Waals surface area contributed by atoms with E-state index in [0.717, 1.165) is 62.7 Å². The molecule has 0 radical (unpaired) electrons. The van der Waals surface area contributed by atoms with Crippen LogP contribution in [0.3, 0.4) is 0 Å². The first kappa shape index (κ1) is 42.2. The van der Waals surface area contributed by atoms with Crippen LogP contribution in [0.1, 0.15) is 116 Å². The summed E-state index contributed by atoms with van der Waals surface area (Å²) < 4.78 is 25.3. The number of rotatable bonds is 17. The first-order valence-corrected chi connectivity index (χ1v) is 22.4. The first-order chi connectivity index (χ1) is 23.8. The van der Waals surface area contributed by atoms with Crippen molar-refractivity contribution in [1.82, 2.24) is 19.4 Å². The molecule has 2 aromatic rings. The number of imide groups is 1. The van der Waals surface area contributed by atoms with Crippen molar-refractivity contribution in [1.29, 1.82) is 0 Å². The van der Waals surface area contributed by atoms with E-state index >= 15 is 0 Å². The molecule has 14 heteroatoms. The molecule has 3 rings (SSSR count). The van der Waals surface area contributed by atoms with Gasteiger partial charge >= 0.3 is 18.2 Å². The number of nitrogens with zero attached hydrogens (tertiary/aromatic N) is 5. The minimum Gasteiger partial charge on any atom is -0.463 e. The molecule has 0 saturated carbocycles. The summed E-state index contributed by atoms with van der Waals surface area (Å²) in [7, 11) is -1.45. The number of carbonyl (C=O) groups excluding carboxylic acids is 3. The second-order valence-electron chi connectivity index (χ2n) is 16.7. The van der Waals surface area contributed by atoms with Gasteiger partial charge in [0.05, 0.1) is 6.61 Å². The van der Waals surface area contributed by atoms with Crippen LogP contribution in [-0.2, 0) is 27.4 Å².